The zero-order valence-electron chi connectivity index (χ0n) is 19.0. The number of hydrogen-bond donors (Lipinski definition) is 2. The van der Waals surface area contributed by atoms with Crippen LogP contribution in [0.25, 0.3) is 11.4 Å². The van der Waals surface area contributed by atoms with E-state index in [1.165, 1.54) is 9.58 Å². The first kappa shape index (κ1) is 24.1. The van der Waals surface area contributed by atoms with Gasteiger partial charge in [-0.25, -0.2) is 14.6 Å². The Morgan fingerprint density at radius 2 is 1.97 bits per heavy atom. The third-order valence-corrected chi connectivity index (χ3v) is 5.70. The summed E-state index contributed by atoms with van der Waals surface area (Å²) in [7, 11) is 0. The second kappa shape index (κ2) is 9.31. The van der Waals surface area contributed by atoms with Crippen molar-refractivity contribution in [2.45, 2.75) is 44.9 Å². The molecule has 4 heterocycles. The Balaban J connectivity index is 1.55. The number of halogens is 3. The molecule has 0 saturated carbocycles. The zero-order valence-corrected chi connectivity index (χ0v) is 19.0. The average molecular weight is 488 g/mol. The number of nitrogens with one attached hydrogen (secondary N) is 1. The van der Waals surface area contributed by atoms with Gasteiger partial charge in [-0.3, -0.25) is 9.59 Å². The Hall–Kier alpha value is -4.03. The number of amides is 2. The lowest BCUT2D eigenvalue weighted by atomic mass is 10.2. The van der Waals surface area contributed by atoms with Crippen LogP contribution in [0.1, 0.15) is 36.9 Å². The summed E-state index contributed by atoms with van der Waals surface area (Å²) in [5.41, 5.74) is 6.12. The fourth-order valence-electron chi connectivity index (χ4n) is 3.93. The number of anilines is 2. The van der Waals surface area contributed by atoms with Crippen molar-refractivity contribution < 1.29 is 22.8 Å². The first-order valence-corrected chi connectivity index (χ1v) is 10.8. The lowest BCUT2D eigenvalue weighted by Crippen LogP contribution is -2.46. The standard InChI is InChI=1S/C22H23F3N8O2/c1-12-8-15(28-19(9-12)29-18-10-14(5-6-27-18)22(23,24)25)16-11-33(31-30-16)13(2)21(35)32-7-3-4-17(32)20(26)34/h5-6,8-11,13,17H,3-4,7H2,1-2H3,(H2,26,34)(H,27,28,29)/t13-,17?/m1/s1. The topological polar surface area (TPSA) is 132 Å². The maximum atomic E-state index is 13.0. The maximum absolute atomic E-state index is 13.0. The number of nitrogens with two attached hydrogens (primary N) is 1. The molecule has 2 atom stereocenters. The highest BCUT2D eigenvalue weighted by atomic mass is 19.4. The van der Waals surface area contributed by atoms with Gasteiger partial charge in [-0.1, -0.05) is 5.21 Å². The number of primary amides is 1. The van der Waals surface area contributed by atoms with Crippen LogP contribution < -0.4 is 11.1 Å². The number of likely N-dealkylation sites (tertiary alicyclic amines) is 1. The van der Waals surface area contributed by atoms with Crippen molar-refractivity contribution in [2.24, 2.45) is 5.73 Å². The van der Waals surface area contributed by atoms with E-state index in [0.717, 1.165) is 23.9 Å². The quantitative estimate of drug-likeness (QED) is 0.545. The van der Waals surface area contributed by atoms with Gasteiger partial charge in [0, 0.05) is 12.7 Å². The molecule has 1 unspecified atom stereocenters. The highest BCUT2D eigenvalue weighted by Gasteiger charge is 2.35. The number of nitrogens with zero attached hydrogens (tertiary/aromatic N) is 6. The summed E-state index contributed by atoms with van der Waals surface area (Å²) in [6, 6.07) is 3.80. The first-order chi connectivity index (χ1) is 16.5. The molecule has 10 nitrogen and oxygen atoms in total. The van der Waals surface area contributed by atoms with Gasteiger partial charge in [-0.2, -0.15) is 13.2 Å². The average Bonchev–Trinajstić information content (AvgIpc) is 3.47. The molecule has 1 fully saturated rings. The van der Waals surface area contributed by atoms with Crippen LogP contribution in [-0.2, 0) is 15.8 Å². The molecule has 0 spiro atoms. The number of alkyl halides is 3. The van der Waals surface area contributed by atoms with Gasteiger partial charge < -0.3 is 16.0 Å². The molecular formula is C22H23F3N8O2. The molecule has 1 aliphatic rings. The smallest absolute Gasteiger partial charge is 0.368 e. The normalized spacial score (nSPS) is 16.8. The Kier molecular flexibility index (Phi) is 6.41. The van der Waals surface area contributed by atoms with Crippen LogP contribution in [0.3, 0.4) is 0 Å². The fraction of sp³-hybridized carbons (Fsp3) is 0.364. The molecule has 4 rings (SSSR count). The van der Waals surface area contributed by atoms with E-state index in [1.807, 2.05) is 0 Å². The first-order valence-electron chi connectivity index (χ1n) is 10.8. The van der Waals surface area contributed by atoms with Gasteiger partial charge in [-0.15, -0.1) is 5.10 Å². The van der Waals surface area contributed by atoms with Gasteiger partial charge in [-0.05, 0) is 56.5 Å². The van der Waals surface area contributed by atoms with Crippen molar-refractivity contribution in [2.75, 3.05) is 11.9 Å². The predicted molar refractivity (Wildman–Crippen MR) is 119 cm³/mol. The Morgan fingerprint density at radius 1 is 1.20 bits per heavy atom. The Labute approximate surface area is 198 Å². The minimum atomic E-state index is -4.50. The molecule has 0 radical (unpaired) electrons. The monoisotopic (exact) mass is 488 g/mol. The van der Waals surface area contributed by atoms with Gasteiger partial charge in [0.05, 0.1) is 17.5 Å². The lowest BCUT2D eigenvalue weighted by Gasteiger charge is -2.25. The number of carbonyl (C=O) groups is 2. The van der Waals surface area contributed by atoms with Crippen molar-refractivity contribution in [1.29, 1.82) is 0 Å². The molecule has 3 aromatic heterocycles. The molecule has 1 aliphatic heterocycles. The number of aromatic nitrogens is 5. The van der Waals surface area contributed by atoms with Crippen LogP contribution in [0.4, 0.5) is 24.8 Å². The summed E-state index contributed by atoms with van der Waals surface area (Å²) in [5.74, 6) is -0.576. The molecule has 1 saturated heterocycles. The number of rotatable bonds is 6. The van der Waals surface area contributed by atoms with E-state index in [2.05, 4.69) is 25.6 Å². The molecule has 0 bridgehead atoms. The minimum absolute atomic E-state index is 0.0126. The molecule has 2 amide bonds. The lowest BCUT2D eigenvalue weighted by molar-refractivity contribution is -0.140. The summed E-state index contributed by atoms with van der Waals surface area (Å²) in [6.07, 6.45) is -0.663. The molecule has 0 aromatic carbocycles. The maximum Gasteiger partial charge on any atom is 0.416 e. The second-order valence-electron chi connectivity index (χ2n) is 8.32. The molecular weight excluding hydrogens is 465 g/mol. The molecule has 3 aromatic rings. The van der Waals surface area contributed by atoms with Crippen LogP contribution in [0.15, 0.2) is 36.7 Å². The molecule has 3 N–H and O–H groups in total. The van der Waals surface area contributed by atoms with Crippen LogP contribution in [0.2, 0.25) is 0 Å². The number of carbonyl (C=O) groups excluding carboxylic acids is 2. The van der Waals surface area contributed by atoms with E-state index < -0.39 is 29.7 Å². The Morgan fingerprint density at radius 3 is 2.69 bits per heavy atom. The third-order valence-electron chi connectivity index (χ3n) is 5.70. The molecule has 0 aliphatic carbocycles. The number of aryl methyl sites for hydroxylation is 1. The summed E-state index contributed by atoms with van der Waals surface area (Å²) >= 11 is 0. The van der Waals surface area contributed by atoms with Crippen molar-refractivity contribution in [3.05, 3.63) is 47.8 Å². The van der Waals surface area contributed by atoms with Gasteiger partial charge in [0.2, 0.25) is 11.8 Å². The molecule has 13 heteroatoms. The van der Waals surface area contributed by atoms with Crippen molar-refractivity contribution in [3.63, 3.8) is 0 Å². The van der Waals surface area contributed by atoms with Crippen molar-refractivity contribution >= 4 is 23.5 Å². The summed E-state index contributed by atoms with van der Waals surface area (Å²) < 4.78 is 40.4. The summed E-state index contributed by atoms with van der Waals surface area (Å²) in [6.45, 7) is 3.88. The zero-order chi connectivity index (χ0) is 25.3. The van der Waals surface area contributed by atoms with E-state index in [1.54, 1.807) is 32.2 Å². The van der Waals surface area contributed by atoms with Gasteiger partial charge in [0.25, 0.3) is 0 Å². The largest absolute Gasteiger partial charge is 0.416 e. The van der Waals surface area contributed by atoms with E-state index in [9.17, 15) is 22.8 Å². The van der Waals surface area contributed by atoms with Crippen molar-refractivity contribution in [1.82, 2.24) is 29.9 Å². The fourth-order valence-corrected chi connectivity index (χ4v) is 3.93. The Bertz CT molecular complexity index is 1260. The SMILES string of the molecule is Cc1cc(Nc2cc(C(F)(F)F)ccn2)nc(-c2cn([C@H](C)C(=O)N3CCCC3C(N)=O)nn2)c1. The van der Waals surface area contributed by atoms with E-state index in [-0.39, 0.29) is 17.5 Å². The summed E-state index contributed by atoms with van der Waals surface area (Å²) in [4.78, 5) is 34.4. The third kappa shape index (κ3) is 5.23. The van der Waals surface area contributed by atoms with E-state index in [4.69, 9.17) is 5.73 Å². The van der Waals surface area contributed by atoms with E-state index in [0.29, 0.717) is 30.8 Å². The van der Waals surface area contributed by atoms with Crippen molar-refractivity contribution in [3.8, 4) is 11.4 Å². The highest BCUT2D eigenvalue weighted by molar-refractivity contribution is 5.88. The number of pyridine rings is 2. The number of hydrogen-bond acceptors (Lipinski definition) is 7. The van der Waals surface area contributed by atoms with Crippen LogP contribution in [0, 0.1) is 6.92 Å². The van der Waals surface area contributed by atoms with Crippen LogP contribution >= 0.6 is 0 Å². The second-order valence-corrected chi connectivity index (χ2v) is 8.32. The van der Waals surface area contributed by atoms with E-state index >= 15 is 0 Å². The van der Waals surface area contributed by atoms with Gasteiger partial charge >= 0.3 is 6.18 Å². The van der Waals surface area contributed by atoms with Crippen LogP contribution in [0.5, 0.6) is 0 Å². The molecule has 35 heavy (non-hydrogen) atoms. The predicted octanol–water partition coefficient (Wildman–Crippen LogP) is 2.84. The molecule has 184 valence electrons. The van der Waals surface area contributed by atoms with Gasteiger partial charge in [0.1, 0.15) is 29.4 Å². The van der Waals surface area contributed by atoms with Gasteiger partial charge in [0.15, 0.2) is 0 Å². The summed E-state index contributed by atoms with van der Waals surface area (Å²) in [5, 5.41) is 10.9. The minimum Gasteiger partial charge on any atom is -0.368 e. The highest BCUT2D eigenvalue weighted by Crippen LogP contribution is 2.31. The van der Waals surface area contributed by atoms with Crippen LogP contribution in [-0.4, -0.2) is 54.3 Å².